The molecule has 1 radical (unpaired) electrons. The molecule has 1 atom stereocenters. The van der Waals surface area contributed by atoms with Crippen molar-refractivity contribution in [2.75, 3.05) is 0 Å². The molecule has 1 rings (SSSR count). The predicted octanol–water partition coefficient (Wildman–Crippen LogP) is 4.99. The van der Waals surface area contributed by atoms with Crippen LogP contribution in [0.15, 0.2) is 0 Å². The van der Waals surface area contributed by atoms with E-state index in [1.165, 1.54) is 57.8 Å². The Morgan fingerprint density at radius 2 is 1.71 bits per heavy atom. The molecule has 1 saturated carbocycles. The van der Waals surface area contributed by atoms with Crippen molar-refractivity contribution in [3.8, 4) is 0 Å². The van der Waals surface area contributed by atoms with Gasteiger partial charge in [-0.2, -0.15) is 0 Å². The summed E-state index contributed by atoms with van der Waals surface area (Å²) in [5, 5.41) is 0. The molecular formula is C14H27. The van der Waals surface area contributed by atoms with Crippen LogP contribution >= 0.6 is 0 Å². The standard InChI is InChI=1S/C14H27/c1-3-5-10-13(4-2)14-11-8-6-7-9-12-14/h10,13-14H,3-9,11-12H2,1-2H3. The molecule has 0 heterocycles. The topological polar surface area (TPSA) is 0 Å². The summed E-state index contributed by atoms with van der Waals surface area (Å²) in [5.74, 6) is 1.95. The van der Waals surface area contributed by atoms with Crippen LogP contribution in [0.5, 0.6) is 0 Å². The van der Waals surface area contributed by atoms with Gasteiger partial charge in [0, 0.05) is 0 Å². The van der Waals surface area contributed by atoms with Gasteiger partial charge in [0.25, 0.3) is 0 Å². The molecule has 1 fully saturated rings. The smallest absolute Gasteiger partial charge is 0.0352 e. The minimum absolute atomic E-state index is 0.924. The van der Waals surface area contributed by atoms with E-state index in [0.717, 1.165) is 11.8 Å². The van der Waals surface area contributed by atoms with E-state index < -0.39 is 0 Å². The maximum atomic E-state index is 2.61. The highest BCUT2D eigenvalue weighted by Crippen LogP contribution is 2.32. The van der Waals surface area contributed by atoms with Crippen LogP contribution in [0, 0.1) is 18.3 Å². The lowest BCUT2D eigenvalue weighted by Crippen LogP contribution is -2.14. The van der Waals surface area contributed by atoms with E-state index in [0.29, 0.717) is 0 Å². The number of unbranched alkanes of at least 4 members (excludes halogenated alkanes) is 1. The normalized spacial score (nSPS) is 21.9. The first kappa shape index (κ1) is 12.1. The van der Waals surface area contributed by atoms with E-state index in [1.807, 2.05) is 0 Å². The molecular weight excluding hydrogens is 168 g/mol. The van der Waals surface area contributed by atoms with Gasteiger partial charge in [-0.05, 0) is 18.3 Å². The summed E-state index contributed by atoms with van der Waals surface area (Å²) >= 11 is 0. The van der Waals surface area contributed by atoms with E-state index in [-0.39, 0.29) is 0 Å². The highest BCUT2D eigenvalue weighted by molar-refractivity contribution is 4.82. The van der Waals surface area contributed by atoms with E-state index in [2.05, 4.69) is 20.3 Å². The third-order valence-electron chi connectivity index (χ3n) is 3.73. The number of hydrogen-bond donors (Lipinski definition) is 0. The molecule has 0 amide bonds. The second-order valence-corrected chi connectivity index (χ2v) is 4.85. The number of hydrogen-bond acceptors (Lipinski definition) is 0. The fourth-order valence-corrected chi connectivity index (χ4v) is 2.81. The predicted molar refractivity (Wildman–Crippen MR) is 64.2 cm³/mol. The Balaban J connectivity index is 2.32. The van der Waals surface area contributed by atoms with Gasteiger partial charge in [-0.25, -0.2) is 0 Å². The highest BCUT2D eigenvalue weighted by atomic mass is 14.3. The summed E-state index contributed by atoms with van der Waals surface area (Å²) in [6.07, 6.45) is 15.6. The Morgan fingerprint density at radius 1 is 1.07 bits per heavy atom. The van der Waals surface area contributed by atoms with Crippen molar-refractivity contribution < 1.29 is 0 Å². The number of rotatable bonds is 5. The molecule has 0 aromatic heterocycles. The van der Waals surface area contributed by atoms with Crippen LogP contribution in [0.2, 0.25) is 0 Å². The summed E-state index contributed by atoms with van der Waals surface area (Å²) in [6.45, 7) is 4.65. The Morgan fingerprint density at radius 3 is 2.21 bits per heavy atom. The Bertz CT molecular complexity index is 120. The Kier molecular flexibility index (Phi) is 6.31. The van der Waals surface area contributed by atoms with E-state index in [1.54, 1.807) is 0 Å². The molecule has 0 aromatic rings. The summed E-state index contributed by atoms with van der Waals surface area (Å²) < 4.78 is 0. The lowest BCUT2D eigenvalue weighted by molar-refractivity contribution is 0.318. The third-order valence-corrected chi connectivity index (χ3v) is 3.73. The molecule has 1 unspecified atom stereocenters. The third kappa shape index (κ3) is 4.02. The molecule has 0 aliphatic heterocycles. The molecule has 0 bridgehead atoms. The second kappa shape index (κ2) is 7.31. The van der Waals surface area contributed by atoms with Gasteiger partial charge in [0.15, 0.2) is 0 Å². The highest BCUT2D eigenvalue weighted by Gasteiger charge is 2.20. The fourth-order valence-electron chi connectivity index (χ4n) is 2.81. The van der Waals surface area contributed by atoms with Crippen molar-refractivity contribution in [3.05, 3.63) is 6.42 Å². The lowest BCUT2D eigenvalue weighted by atomic mass is 9.81. The monoisotopic (exact) mass is 195 g/mol. The van der Waals surface area contributed by atoms with Gasteiger partial charge in [-0.1, -0.05) is 71.6 Å². The van der Waals surface area contributed by atoms with E-state index >= 15 is 0 Å². The zero-order valence-electron chi connectivity index (χ0n) is 10.1. The van der Waals surface area contributed by atoms with Crippen molar-refractivity contribution in [2.45, 2.75) is 71.6 Å². The van der Waals surface area contributed by atoms with Crippen LogP contribution in [-0.4, -0.2) is 0 Å². The maximum Gasteiger partial charge on any atom is -0.0352 e. The van der Waals surface area contributed by atoms with Gasteiger partial charge in [0.1, 0.15) is 0 Å². The molecule has 1 aliphatic rings. The SMILES string of the molecule is CCC[CH]C(CC)C1CCCCCC1. The maximum absolute atomic E-state index is 2.61. The Labute approximate surface area is 90.5 Å². The van der Waals surface area contributed by atoms with Gasteiger partial charge in [0.2, 0.25) is 0 Å². The molecule has 0 heteroatoms. The van der Waals surface area contributed by atoms with Crippen LogP contribution in [0.3, 0.4) is 0 Å². The van der Waals surface area contributed by atoms with Crippen LogP contribution in [0.4, 0.5) is 0 Å². The van der Waals surface area contributed by atoms with Crippen molar-refractivity contribution >= 4 is 0 Å². The molecule has 0 saturated heterocycles. The average Bonchev–Trinajstić information content (AvgIpc) is 2.48. The van der Waals surface area contributed by atoms with Crippen LogP contribution in [0.1, 0.15) is 71.6 Å². The molecule has 0 aromatic carbocycles. The minimum Gasteiger partial charge on any atom is -0.0654 e. The first-order chi connectivity index (χ1) is 6.88. The van der Waals surface area contributed by atoms with E-state index in [4.69, 9.17) is 0 Å². The van der Waals surface area contributed by atoms with Crippen molar-refractivity contribution in [1.29, 1.82) is 0 Å². The summed E-state index contributed by atoms with van der Waals surface area (Å²) in [4.78, 5) is 0. The van der Waals surface area contributed by atoms with Gasteiger partial charge in [-0.3, -0.25) is 0 Å². The van der Waals surface area contributed by atoms with Crippen LogP contribution in [0.25, 0.3) is 0 Å². The molecule has 0 nitrogen and oxygen atoms in total. The first-order valence-electron chi connectivity index (χ1n) is 6.71. The van der Waals surface area contributed by atoms with Crippen LogP contribution < -0.4 is 0 Å². The summed E-state index contributed by atoms with van der Waals surface area (Å²) in [6, 6.07) is 0. The zero-order chi connectivity index (χ0) is 10.2. The van der Waals surface area contributed by atoms with Gasteiger partial charge in [-0.15, -0.1) is 0 Å². The summed E-state index contributed by atoms with van der Waals surface area (Å²) in [5.41, 5.74) is 0. The van der Waals surface area contributed by atoms with Gasteiger partial charge < -0.3 is 0 Å². The van der Waals surface area contributed by atoms with Crippen LogP contribution in [-0.2, 0) is 0 Å². The Hall–Kier alpha value is 0. The van der Waals surface area contributed by atoms with Gasteiger partial charge in [0.05, 0.1) is 0 Å². The second-order valence-electron chi connectivity index (χ2n) is 4.85. The molecule has 0 spiro atoms. The molecule has 14 heavy (non-hydrogen) atoms. The largest absolute Gasteiger partial charge is 0.0654 e. The molecule has 83 valence electrons. The average molecular weight is 195 g/mol. The lowest BCUT2D eigenvalue weighted by Gasteiger charge is -2.24. The quantitative estimate of drug-likeness (QED) is 0.542. The molecule has 0 N–H and O–H groups in total. The van der Waals surface area contributed by atoms with Crippen molar-refractivity contribution in [3.63, 3.8) is 0 Å². The fraction of sp³-hybridized carbons (Fsp3) is 0.929. The van der Waals surface area contributed by atoms with Crippen molar-refractivity contribution in [2.24, 2.45) is 11.8 Å². The first-order valence-corrected chi connectivity index (χ1v) is 6.71. The van der Waals surface area contributed by atoms with Crippen molar-refractivity contribution in [1.82, 2.24) is 0 Å². The summed E-state index contributed by atoms with van der Waals surface area (Å²) in [7, 11) is 0. The minimum atomic E-state index is 0.924. The van der Waals surface area contributed by atoms with Gasteiger partial charge >= 0.3 is 0 Å². The molecule has 1 aliphatic carbocycles. The van der Waals surface area contributed by atoms with E-state index in [9.17, 15) is 0 Å². The zero-order valence-corrected chi connectivity index (χ0v) is 10.1.